The predicted octanol–water partition coefficient (Wildman–Crippen LogP) is 2.26. The number of hydrogen-bond donors (Lipinski definition) is 1. The molecule has 20 heavy (non-hydrogen) atoms. The highest BCUT2D eigenvalue weighted by Crippen LogP contribution is 2.41. The highest BCUT2D eigenvalue weighted by molar-refractivity contribution is 6.35. The number of aromatic nitrogens is 3. The minimum atomic E-state index is -0.714. The minimum absolute atomic E-state index is 0.271. The predicted molar refractivity (Wildman–Crippen MR) is 74.7 cm³/mol. The lowest BCUT2D eigenvalue weighted by Gasteiger charge is -2.29. The van der Waals surface area contributed by atoms with Gasteiger partial charge < -0.3 is 9.84 Å². The summed E-state index contributed by atoms with van der Waals surface area (Å²) in [6.45, 7) is 0.707. The van der Waals surface area contributed by atoms with Crippen LogP contribution in [0.2, 0.25) is 10.0 Å². The van der Waals surface area contributed by atoms with E-state index in [1.165, 1.54) is 6.33 Å². The number of ether oxygens (including phenoxy) is 1. The Bertz CT molecular complexity index is 606. The Kier molecular flexibility index (Phi) is 3.69. The van der Waals surface area contributed by atoms with Gasteiger partial charge in [0.05, 0.1) is 19.3 Å². The Morgan fingerprint density at radius 1 is 1.45 bits per heavy atom. The Hall–Kier alpha value is -1.14. The molecule has 7 heteroatoms. The molecule has 1 aliphatic heterocycles. The fourth-order valence-electron chi connectivity index (χ4n) is 2.57. The van der Waals surface area contributed by atoms with Crippen LogP contribution in [0.5, 0.6) is 0 Å². The molecule has 1 saturated heterocycles. The standard InChI is InChI=1S/C13H13Cl2N3O2/c14-9-1-2-11(12(15)3-9)13(4-10(19)5-20-13)6-18-8-16-7-17-18/h1-3,7-8,10,19H,4-6H2. The summed E-state index contributed by atoms with van der Waals surface area (Å²) >= 11 is 12.2. The topological polar surface area (TPSA) is 60.2 Å². The first-order chi connectivity index (χ1) is 9.59. The molecule has 2 unspecified atom stereocenters. The molecule has 1 aromatic carbocycles. The molecule has 0 saturated carbocycles. The van der Waals surface area contributed by atoms with Crippen LogP contribution >= 0.6 is 23.2 Å². The van der Waals surface area contributed by atoms with Gasteiger partial charge in [0.2, 0.25) is 0 Å². The van der Waals surface area contributed by atoms with Crippen molar-refractivity contribution in [3.63, 3.8) is 0 Å². The van der Waals surface area contributed by atoms with Crippen molar-refractivity contribution in [3.8, 4) is 0 Å². The molecule has 1 N–H and O–H groups in total. The summed E-state index contributed by atoms with van der Waals surface area (Å²) in [5.74, 6) is 0. The first kappa shape index (κ1) is 13.8. The van der Waals surface area contributed by atoms with Gasteiger partial charge in [0.1, 0.15) is 18.3 Å². The van der Waals surface area contributed by atoms with Crippen LogP contribution < -0.4 is 0 Å². The van der Waals surface area contributed by atoms with E-state index in [1.807, 2.05) is 6.07 Å². The van der Waals surface area contributed by atoms with Gasteiger partial charge in [-0.1, -0.05) is 29.3 Å². The molecule has 5 nitrogen and oxygen atoms in total. The second-order valence-corrected chi connectivity index (χ2v) is 5.72. The van der Waals surface area contributed by atoms with Crippen molar-refractivity contribution in [1.29, 1.82) is 0 Å². The number of hydrogen-bond acceptors (Lipinski definition) is 4. The third kappa shape index (κ3) is 2.54. The fraction of sp³-hybridized carbons (Fsp3) is 0.385. The average Bonchev–Trinajstić information content (AvgIpc) is 3.00. The summed E-state index contributed by atoms with van der Waals surface area (Å²) in [4.78, 5) is 3.92. The molecule has 2 atom stereocenters. The van der Waals surface area contributed by atoms with Crippen molar-refractivity contribution in [2.45, 2.75) is 24.7 Å². The van der Waals surface area contributed by atoms with Crippen LogP contribution in [-0.2, 0) is 16.9 Å². The number of aliphatic hydroxyl groups is 1. The molecule has 0 aliphatic carbocycles. The summed E-state index contributed by atoms with van der Waals surface area (Å²) in [6, 6.07) is 5.27. The molecular weight excluding hydrogens is 301 g/mol. The van der Waals surface area contributed by atoms with E-state index >= 15 is 0 Å². The quantitative estimate of drug-likeness (QED) is 0.944. The van der Waals surface area contributed by atoms with E-state index in [-0.39, 0.29) is 6.61 Å². The zero-order chi connectivity index (χ0) is 14.2. The first-order valence-corrected chi connectivity index (χ1v) is 6.95. The lowest BCUT2D eigenvalue weighted by Crippen LogP contribution is -2.32. The normalized spacial score (nSPS) is 26.1. The largest absolute Gasteiger partial charge is 0.391 e. The maximum absolute atomic E-state index is 9.86. The number of rotatable bonds is 3. The maximum atomic E-state index is 9.86. The zero-order valence-electron chi connectivity index (χ0n) is 10.5. The van der Waals surface area contributed by atoms with Crippen LogP contribution in [0.1, 0.15) is 12.0 Å². The third-order valence-electron chi connectivity index (χ3n) is 3.42. The van der Waals surface area contributed by atoms with E-state index in [1.54, 1.807) is 23.1 Å². The molecule has 2 aromatic rings. The molecule has 2 heterocycles. The second-order valence-electron chi connectivity index (χ2n) is 4.88. The van der Waals surface area contributed by atoms with E-state index in [0.717, 1.165) is 5.56 Å². The van der Waals surface area contributed by atoms with Gasteiger partial charge in [-0.3, -0.25) is 0 Å². The van der Waals surface area contributed by atoms with E-state index in [0.29, 0.717) is 23.0 Å². The number of benzene rings is 1. The van der Waals surface area contributed by atoms with Gasteiger partial charge in [0.15, 0.2) is 0 Å². The van der Waals surface area contributed by atoms with Gasteiger partial charge >= 0.3 is 0 Å². The average molecular weight is 314 g/mol. The summed E-state index contributed by atoms with van der Waals surface area (Å²) in [7, 11) is 0. The lowest BCUT2D eigenvalue weighted by molar-refractivity contribution is -0.0190. The van der Waals surface area contributed by atoms with Crippen LogP contribution in [0.25, 0.3) is 0 Å². The Balaban J connectivity index is 2.01. The maximum Gasteiger partial charge on any atom is 0.137 e. The Morgan fingerprint density at radius 3 is 2.90 bits per heavy atom. The molecule has 3 rings (SSSR count). The molecule has 1 aromatic heterocycles. The zero-order valence-corrected chi connectivity index (χ0v) is 12.1. The van der Waals surface area contributed by atoms with Gasteiger partial charge in [0.25, 0.3) is 0 Å². The van der Waals surface area contributed by atoms with Crippen molar-refractivity contribution in [2.75, 3.05) is 6.61 Å². The van der Waals surface area contributed by atoms with Gasteiger partial charge in [-0.25, -0.2) is 9.67 Å². The SMILES string of the molecule is OC1COC(Cn2cncn2)(c2ccc(Cl)cc2Cl)C1. The highest BCUT2D eigenvalue weighted by atomic mass is 35.5. The van der Waals surface area contributed by atoms with Crippen LogP contribution in [0.3, 0.4) is 0 Å². The summed E-state index contributed by atoms with van der Waals surface area (Å²) in [5, 5.41) is 15.0. The van der Waals surface area contributed by atoms with Crippen molar-refractivity contribution in [1.82, 2.24) is 14.8 Å². The molecule has 0 spiro atoms. The monoisotopic (exact) mass is 313 g/mol. The molecule has 1 aliphatic rings. The van der Waals surface area contributed by atoms with Gasteiger partial charge in [-0.2, -0.15) is 5.10 Å². The second kappa shape index (κ2) is 5.33. The van der Waals surface area contributed by atoms with Gasteiger partial charge in [-0.05, 0) is 12.1 Å². The van der Waals surface area contributed by atoms with Crippen molar-refractivity contribution < 1.29 is 9.84 Å². The fourth-order valence-corrected chi connectivity index (χ4v) is 3.15. The van der Waals surface area contributed by atoms with Crippen molar-refractivity contribution in [2.24, 2.45) is 0 Å². The number of halogens is 2. The highest BCUT2D eigenvalue weighted by Gasteiger charge is 2.43. The molecule has 0 amide bonds. The molecular formula is C13H13Cl2N3O2. The Morgan fingerprint density at radius 2 is 2.30 bits per heavy atom. The molecule has 0 radical (unpaired) electrons. The summed E-state index contributed by atoms with van der Waals surface area (Å²) in [5.41, 5.74) is 0.0880. The third-order valence-corrected chi connectivity index (χ3v) is 3.97. The smallest absolute Gasteiger partial charge is 0.137 e. The van der Waals surface area contributed by atoms with Crippen LogP contribution in [0.15, 0.2) is 30.9 Å². The molecule has 106 valence electrons. The van der Waals surface area contributed by atoms with Crippen LogP contribution in [-0.4, -0.2) is 32.6 Å². The minimum Gasteiger partial charge on any atom is -0.391 e. The lowest BCUT2D eigenvalue weighted by atomic mass is 9.90. The number of aliphatic hydroxyl groups excluding tert-OH is 1. The van der Waals surface area contributed by atoms with Crippen LogP contribution in [0.4, 0.5) is 0 Å². The van der Waals surface area contributed by atoms with Crippen LogP contribution in [0, 0.1) is 0 Å². The first-order valence-electron chi connectivity index (χ1n) is 6.19. The van der Waals surface area contributed by atoms with E-state index in [4.69, 9.17) is 27.9 Å². The van der Waals surface area contributed by atoms with E-state index < -0.39 is 11.7 Å². The Labute approximate surface area is 126 Å². The molecule has 1 fully saturated rings. The number of nitrogens with zero attached hydrogens (tertiary/aromatic N) is 3. The van der Waals surface area contributed by atoms with E-state index in [2.05, 4.69) is 10.1 Å². The van der Waals surface area contributed by atoms with Gasteiger partial charge in [0, 0.05) is 22.0 Å². The van der Waals surface area contributed by atoms with Gasteiger partial charge in [-0.15, -0.1) is 0 Å². The molecule has 0 bridgehead atoms. The van der Waals surface area contributed by atoms with Crippen molar-refractivity contribution in [3.05, 3.63) is 46.5 Å². The summed E-state index contributed by atoms with van der Waals surface area (Å²) < 4.78 is 7.54. The van der Waals surface area contributed by atoms with Crippen molar-refractivity contribution >= 4 is 23.2 Å². The summed E-state index contributed by atoms with van der Waals surface area (Å²) in [6.07, 6.45) is 3.00. The van der Waals surface area contributed by atoms with E-state index in [9.17, 15) is 5.11 Å².